The van der Waals surface area contributed by atoms with Crippen LogP contribution in [0.15, 0.2) is 42.5 Å². The molecule has 2 aliphatic rings. The second kappa shape index (κ2) is 10.3. The Morgan fingerprint density at radius 3 is 2.38 bits per heavy atom. The molecule has 0 aliphatic carbocycles. The maximum atomic E-state index is 12.4. The Kier molecular flexibility index (Phi) is 7.26. The summed E-state index contributed by atoms with van der Waals surface area (Å²) in [4.78, 5) is 28.5. The molecule has 8 heteroatoms. The van der Waals surface area contributed by atoms with Crippen molar-refractivity contribution in [3.05, 3.63) is 53.6 Å². The van der Waals surface area contributed by atoms with Crippen molar-refractivity contribution in [1.29, 1.82) is 0 Å². The zero-order valence-corrected chi connectivity index (χ0v) is 20.0. The molecule has 1 fully saturated rings. The third-order valence-corrected chi connectivity index (χ3v) is 5.62. The number of hydrogen-bond acceptors (Lipinski definition) is 7. The minimum absolute atomic E-state index is 0.0232. The van der Waals surface area contributed by atoms with E-state index in [9.17, 15) is 9.59 Å². The Balaban J connectivity index is 1.38. The minimum Gasteiger partial charge on any atom is -0.490 e. The smallest absolute Gasteiger partial charge is 0.410 e. The first-order chi connectivity index (χ1) is 16.3. The van der Waals surface area contributed by atoms with Crippen molar-refractivity contribution in [1.82, 2.24) is 9.80 Å². The van der Waals surface area contributed by atoms with Gasteiger partial charge in [-0.05, 0) is 45.0 Å². The van der Waals surface area contributed by atoms with Crippen molar-refractivity contribution in [2.24, 2.45) is 0 Å². The number of Topliss-reactive ketones (excluding diaryl/α,β-unsaturated/α-hetero) is 1. The highest BCUT2D eigenvalue weighted by molar-refractivity contribution is 6.03. The van der Waals surface area contributed by atoms with Crippen LogP contribution in [-0.2, 0) is 11.3 Å². The van der Waals surface area contributed by atoms with Crippen molar-refractivity contribution in [2.45, 2.75) is 32.9 Å². The van der Waals surface area contributed by atoms with E-state index >= 15 is 0 Å². The molecule has 2 aromatic rings. The maximum Gasteiger partial charge on any atom is 0.410 e. The van der Waals surface area contributed by atoms with Gasteiger partial charge in [-0.1, -0.05) is 18.2 Å². The number of piperazine rings is 1. The van der Waals surface area contributed by atoms with Crippen LogP contribution in [-0.4, -0.2) is 73.3 Å². The van der Waals surface area contributed by atoms with Gasteiger partial charge in [-0.2, -0.15) is 0 Å². The highest BCUT2D eigenvalue weighted by Crippen LogP contribution is 2.37. The number of carbonyl (C=O) groups excluding carboxylic acids is 2. The summed E-state index contributed by atoms with van der Waals surface area (Å²) in [6.07, 6.45) is -0.288. The second-order valence-electron chi connectivity index (χ2n) is 9.38. The molecule has 2 heterocycles. The van der Waals surface area contributed by atoms with Gasteiger partial charge in [0.1, 0.15) is 36.1 Å². The molecule has 2 aliphatic heterocycles. The summed E-state index contributed by atoms with van der Waals surface area (Å²) in [6, 6.07) is 13.2. The molecule has 0 bridgehead atoms. The van der Waals surface area contributed by atoms with Crippen molar-refractivity contribution >= 4 is 11.9 Å². The average Bonchev–Trinajstić information content (AvgIpc) is 3.19. The largest absolute Gasteiger partial charge is 0.490 e. The number of carbonyl (C=O) groups is 2. The summed E-state index contributed by atoms with van der Waals surface area (Å²) in [6.45, 7) is 9.50. The van der Waals surface area contributed by atoms with Crippen molar-refractivity contribution in [3.63, 3.8) is 0 Å². The molecule has 8 nitrogen and oxygen atoms in total. The van der Waals surface area contributed by atoms with E-state index in [0.29, 0.717) is 63.0 Å². The number of para-hydroxylation sites is 1. The molecule has 0 aromatic heterocycles. The van der Waals surface area contributed by atoms with Crippen molar-refractivity contribution in [3.8, 4) is 17.2 Å². The van der Waals surface area contributed by atoms with E-state index in [1.165, 1.54) is 0 Å². The Morgan fingerprint density at radius 1 is 0.971 bits per heavy atom. The second-order valence-corrected chi connectivity index (χ2v) is 9.38. The molecule has 182 valence electrons. The predicted molar refractivity (Wildman–Crippen MR) is 127 cm³/mol. The standard InChI is InChI=1S/C26H32N2O6/c1-26(2,3)34-25(30)28-13-11-27(12-14-28)17-21-23(10-9-20-22(29)18-33-24(20)21)32-16-15-31-19-7-5-4-6-8-19/h4-10H,11-18H2,1-3H3. The van der Waals surface area contributed by atoms with Crippen molar-refractivity contribution in [2.75, 3.05) is 46.0 Å². The highest BCUT2D eigenvalue weighted by atomic mass is 16.6. The lowest BCUT2D eigenvalue weighted by Gasteiger charge is -2.35. The monoisotopic (exact) mass is 468 g/mol. The summed E-state index contributed by atoms with van der Waals surface area (Å²) >= 11 is 0. The van der Waals surface area contributed by atoms with Gasteiger partial charge in [0, 0.05) is 32.7 Å². The molecular formula is C26H32N2O6. The summed E-state index contributed by atoms with van der Waals surface area (Å²) in [5, 5.41) is 0. The Hall–Kier alpha value is -3.26. The van der Waals surface area contributed by atoms with E-state index in [1.54, 1.807) is 11.0 Å². The quantitative estimate of drug-likeness (QED) is 0.573. The fourth-order valence-corrected chi connectivity index (χ4v) is 3.96. The summed E-state index contributed by atoms with van der Waals surface area (Å²) < 4.78 is 23.0. The number of nitrogens with zero attached hydrogens (tertiary/aromatic N) is 2. The van der Waals surface area contributed by atoms with Crippen LogP contribution in [0.2, 0.25) is 0 Å². The Labute approximate surface area is 200 Å². The van der Waals surface area contributed by atoms with Crippen LogP contribution in [0, 0.1) is 0 Å². The number of rotatable bonds is 7. The third-order valence-electron chi connectivity index (χ3n) is 5.62. The van der Waals surface area contributed by atoms with Gasteiger partial charge in [0.2, 0.25) is 5.78 Å². The van der Waals surface area contributed by atoms with Gasteiger partial charge in [0.25, 0.3) is 0 Å². The van der Waals surface area contributed by atoms with Crippen LogP contribution in [0.1, 0.15) is 36.7 Å². The van der Waals surface area contributed by atoms with Crippen LogP contribution in [0.25, 0.3) is 0 Å². The zero-order chi connectivity index (χ0) is 24.1. The van der Waals surface area contributed by atoms with Gasteiger partial charge < -0.3 is 23.8 Å². The summed E-state index contributed by atoms with van der Waals surface area (Å²) in [5.74, 6) is 2.04. The molecule has 0 N–H and O–H groups in total. The van der Waals surface area contributed by atoms with Crippen LogP contribution in [0.5, 0.6) is 17.2 Å². The topological polar surface area (TPSA) is 77.5 Å². The lowest BCUT2D eigenvalue weighted by atomic mass is 10.1. The third kappa shape index (κ3) is 5.99. The molecule has 0 unspecified atom stereocenters. The Morgan fingerprint density at radius 2 is 1.68 bits per heavy atom. The first-order valence-corrected chi connectivity index (χ1v) is 11.6. The van der Waals surface area contributed by atoms with Crippen LogP contribution in [0.3, 0.4) is 0 Å². The van der Waals surface area contributed by atoms with E-state index in [2.05, 4.69) is 4.90 Å². The molecule has 2 aromatic carbocycles. The van der Waals surface area contributed by atoms with Gasteiger partial charge in [-0.25, -0.2) is 4.79 Å². The normalized spacial score (nSPS) is 16.1. The van der Waals surface area contributed by atoms with Crippen molar-refractivity contribution < 1.29 is 28.5 Å². The van der Waals surface area contributed by atoms with E-state index in [-0.39, 0.29) is 18.5 Å². The molecule has 0 radical (unpaired) electrons. The fourth-order valence-electron chi connectivity index (χ4n) is 3.96. The van der Waals surface area contributed by atoms with Gasteiger partial charge in [0.15, 0.2) is 6.61 Å². The Bertz CT molecular complexity index is 1010. The van der Waals surface area contributed by atoms with E-state index in [1.807, 2.05) is 57.2 Å². The molecule has 1 saturated heterocycles. The lowest BCUT2D eigenvalue weighted by Crippen LogP contribution is -2.49. The number of benzene rings is 2. The summed E-state index contributed by atoms with van der Waals surface area (Å²) in [7, 11) is 0. The zero-order valence-electron chi connectivity index (χ0n) is 20.0. The van der Waals surface area contributed by atoms with E-state index in [4.69, 9.17) is 18.9 Å². The molecule has 4 rings (SSSR count). The average molecular weight is 469 g/mol. The SMILES string of the molecule is CC(C)(C)OC(=O)N1CCN(Cc2c(OCCOc3ccccc3)ccc3c2OCC3=O)CC1. The van der Waals surface area contributed by atoms with Gasteiger partial charge in [0.05, 0.1) is 11.1 Å². The number of hydrogen-bond donors (Lipinski definition) is 0. The molecule has 0 spiro atoms. The van der Waals surface area contributed by atoms with E-state index < -0.39 is 5.60 Å². The molecule has 34 heavy (non-hydrogen) atoms. The fraction of sp³-hybridized carbons (Fsp3) is 0.462. The highest BCUT2D eigenvalue weighted by Gasteiger charge is 2.30. The number of fused-ring (bicyclic) bond motifs is 1. The van der Waals surface area contributed by atoms with E-state index in [0.717, 1.165) is 11.3 Å². The van der Waals surface area contributed by atoms with Gasteiger partial charge >= 0.3 is 6.09 Å². The first kappa shape index (κ1) is 23.9. The lowest BCUT2D eigenvalue weighted by molar-refractivity contribution is 0.0137. The van der Waals surface area contributed by atoms with Crippen LogP contribution >= 0.6 is 0 Å². The van der Waals surface area contributed by atoms with Gasteiger partial charge in [-0.15, -0.1) is 0 Å². The molecular weight excluding hydrogens is 436 g/mol. The first-order valence-electron chi connectivity index (χ1n) is 11.6. The molecule has 1 amide bonds. The number of amides is 1. The van der Waals surface area contributed by atoms with Crippen LogP contribution < -0.4 is 14.2 Å². The molecule has 0 saturated carbocycles. The maximum absolute atomic E-state index is 12.4. The van der Waals surface area contributed by atoms with Crippen LogP contribution in [0.4, 0.5) is 4.79 Å². The number of ketones is 1. The molecule has 0 atom stereocenters. The number of ether oxygens (including phenoxy) is 4. The van der Waals surface area contributed by atoms with Gasteiger partial charge in [-0.3, -0.25) is 9.69 Å². The predicted octanol–water partition coefficient (Wildman–Crippen LogP) is 3.77. The minimum atomic E-state index is -0.515. The summed E-state index contributed by atoms with van der Waals surface area (Å²) in [5.41, 5.74) is 0.933.